The number of rotatable bonds is 16. The van der Waals surface area contributed by atoms with Gasteiger partial charge in [0.25, 0.3) is 0 Å². The Kier molecular flexibility index (Phi) is 14.3. The Labute approximate surface area is 344 Å². The first kappa shape index (κ1) is 41.8. The zero-order valence-electron chi connectivity index (χ0n) is 34.1. The summed E-state index contributed by atoms with van der Waals surface area (Å²) >= 11 is 1.91. The minimum atomic E-state index is -0.640. The van der Waals surface area contributed by atoms with Crippen molar-refractivity contribution in [3.8, 4) is 0 Å². The molecule has 0 bridgehead atoms. The predicted octanol–water partition coefficient (Wildman–Crippen LogP) is 10.4. The zero-order chi connectivity index (χ0) is 40.3. The molecule has 1 aliphatic heterocycles. The van der Waals surface area contributed by atoms with Crippen LogP contribution in [0.4, 0.5) is 4.79 Å². The fourth-order valence-electron chi connectivity index (χ4n) is 8.07. The largest absolute Gasteiger partial charge is 0.444 e. The van der Waals surface area contributed by atoms with Gasteiger partial charge in [0, 0.05) is 36.8 Å². The quantitative estimate of drug-likeness (QED) is 0.0976. The first-order valence-corrected chi connectivity index (χ1v) is 21.4. The number of amides is 2. The Morgan fingerprint density at radius 1 is 0.737 bits per heavy atom. The molecule has 2 amide bonds. The number of hydrogen-bond acceptors (Lipinski definition) is 5. The number of hydrogen-bond donors (Lipinski definition) is 2. The summed E-state index contributed by atoms with van der Waals surface area (Å²) in [4.78, 5) is 29.9. The number of nitrogens with one attached hydrogen (secondary N) is 2. The number of ether oxygens (including phenoxy) is 1. The van der Waals surface area contributed by atoms with Crippen LogP contribution < -0.4 is 10.6 Å². The fraction of sp³-hybridized carbons (Fsp3) is 0.360. The van der Waals surface area contributed by atoms with Gasteiger partial charge >= 0.3 is 6.09 Å². The van der Waals surface area contributed by atoms with E-state index in [0.717, 1.165) is 19.3 Å². The predicted molar refractivity (Wildman–Crippen MR) is 236 cm³/mol. The van der Waals surface area contributed by atoms with E-state index in [1.807, 2.05) is 49.6 Å². The Morgan fingerprint density at radius 3 is 1.63 bits per heavy atom. The fourth-order valence-corrected chi connectivity index (χ4v) is 9.94. The first-order chi connectivity index (χ1) is 27.6. The summed E-state index contributed by atoms with van der Waals surface area (Å²) in [5.41, 5.74) is 5.40. The van der Waals surface area contributed by atoms with E-state index in [-0.39, 0.29) is 35.1 Å². The molecule has 1 heterocycles. The molecule has 2 N–H and O–H groups in total. The number of nitrogens with zero attached hydrogens (tertiary/aromatic N) is 1. The topological polar surface area (TPSA) is 70.7 Å². The molecule has 6 rings (SSSR count). The van der Waals surface area contributed by atoms with Gasteiger partial charge in [-0.15, -0.1) is 11.8 Å². The van der Waals surface area contributed by atoms with E-state index in [9.17, 15) is 9.59 Å². The average Bonchev–Trinajstić information content (AvgIpc) is 3.65. The normalized spacial score (nSPS) is 16.9. The van der Waals surface area contributed by atoms with Crippen molar-refractivity contribution >= 4 is 23.8 Å². The first-order valence-electron chi connectivity index (χ1n) is 20.5. The Balaban J connectivity index is 1.23. The SMILES string of the molecule is CCC(C)[C@H](NCC1CC(SC(c2ccccc2)(c2ccccc2)c2ccccc2)CN1C(=O)OC(C)(C)C)C(=O)NCCC(c1ccccc1)c1ccccc1. The van der Waals surface area contributed by atoms with Crippen LogP contribution in [0.1, 0.15) is 87.6 Å². The van der Waals surface area contributed by atoms with Gasteiger partial charge in [0.1, 0.15) is 5.60 Å². The molecule has 5 aromatic rings. The zero-order valence-corrected chi connectivity index (χ0v) is 35.0. The van der Waals surface area contributed by atoms with Crippen molar-refractivity contribution in [2.24, 2.45) is 5.92 Å². The van der Waals surface area contributed by atoms with E-state index in [2.05, 4.69) is 164 Å². The second-order valence-electron chi connectivity index (χ2n) is 16.3. The third kappa shape index (κ3) is 10.6. The van der Waals surface area contributed by atoms with Crippen LogP contribution in [0.25, 0.3) is 0 Å². The smallest absolute Gasteiger partial charge is 0.410 e. The van der Waals surface area contributed by atoms with Crippen LogP contribution in [0, 0.1) is 5.92 Å². The molecule has 5 aromatic carbocycles. The van der Waals surface area contributed by atoms with E-state index in [0.29, 0.717) is 19.6 Å². The van der Waals surface area contributed by atoms with Crippen molar-refractivity contribution in [3.63, 3.8) is 0 Å². The van der Waals surface area contributed by atoms with Gasteiger partial charge in [0.05, 0.1) is 10.8 Å². The van der Waals surface area contributed by atoms with Gasteiger partial charge in [0.2, 0.25) is 5.91 Å². The van der Waals surface area contributed by atoms with Crippen molar-refractivity contribution in [3.05, 3.63) is 179 Å². The van der Waals surface area contributed by atoms with Crippen molar-refractivity contribution in [2.75, 3.05) is 19.6 Å². The van der Waals surface area contributed by atoms with Gasteiger partial charge < -0.3 is 20.3 Å². The highest BCUT2D eigenvalue weighted by atomic mass is 32.2. The Morgan fingerprint density at radius 2 is 1.19 bits per heavy atom. The molecule has 298 valence electrons. The molecule has 6 nitrogen and oxygen atoms in total. The Hall–Kier alpha value is -4.85. The summed E-state index contributed by atoms with van der Waals surface area (Å²) in [5.74, 6) is 0.258. The van der Waals surface area contributed by atoms with Crippen molar-refractivity contribution in [1.29, 1.82) is 0 Å². The summed E-state index contributed by atoms with van der Waals surface area (Å²) in [5, 5.41) is 7.04. The maximum atomic E-state index is 14.0. The molecule has 0 aromatic heterocycles. The highest BCUT2D eigenvalue weighted by Gasteiger charge is 2.45. The van der Waals surface area contributed by atoms with Gasteiger partial charge in [-0.25, -0.2) is 4.79 Å². The lowest BCUT2D eigenvalue weighted by Crippen LogP contribution is -2.52. The van der Waals surface area contributed by atoms with E-state index in [4.69, 9.17) is 4.74 Å². The van der Waals surface area contributed by atoms with Gasteiger partial charge in [-0.1, -0.05) is 172 Å². The van der Waals surface area contributed by atoms with Crippen LogP contribution in [-0.4, -0.2) is 59.5 Å². The molecule has 4 atom stereocenters. The van der Waals surface area contributed by atoms with Crippen molar-refractivity contribution < 1.29 is 14.3 Å². The van der Waals surface area contributed by atoms with E-state index >= 15 is 0 Å². The number of carbonyl (C=O) groups is 2. The lowest BCUT2D eigenvalue weighted by atomic mass is 9.84. The molecule has 0 spiro atoms. The summed E-state index contributed by atoms with van der Waals surface area (Å²) in [6.45, 7) is 11.5. The molecule has 1 fully saturated rings. The second kappa shape index (κ2) is 19.5. The average molecular weight is 782 g/mol. The maximum Gasteiger partial charge on any atom is 0.410 e. The number of benzene rings is 5. The molecule has 7 heteroatoms. The van der Waals surface area contributed by atoms with Crippen molar-refractivity contribution in [1.82, 2.24) is 15.5 Å². The van der Waals surface area contributed by atoms with Gasteiger partial charge in [-0.2, -0.15) is 0 Å². The van der Waals surface area contributed by atoms with E-state index in [1.54, 1.807) is 0 Å². The highest BCUT2D eigenvalue weighted by Crippen LogP contribution is 2.52. The number of likely N-dealkylation sites (tertiary alicyclic amines) is 1. The minimum absolute atomic E-state index is 0.00628. The van der Waals surface area contributed by atoms with E-state index < -0.39 is 16.4 Å². The molecule has 57 heavy (non-hydrogen) atoms. The molecule has 3 unspecified atom stereocenters. The monoisotopic (exact) mass is 781 g/mol. The number of thioether (sulfide) groups is 1. The maximum absolute atomic E-state index is 14.0. The lowest BCUT2D eigenvalue weighted by molar-refractivity contribution is -0.124. The summed E-state index contributed by atoms with van der Waals surface area (Å²) in [6.07, 6.45) is 2.05. The van der Waals surface area contributed by atoms with Gasteiger partial charge in [-0.05, 0) is 67.3 Å². The minimum Gasteiger partial charge on any atom is -0.444 e. The summed E-state index contributed by atoms with van der Waals surface area (Å²) < 4.78 is 5.51. The van der Waals surface area contributed by atoms with Crippen LogP contribution in [0.3, 0.4) is 0 Å². The van der Waals surface area contributed by atoms with Gasteiger partial charge in [-0.3, -0.25) is 4.79 Å². The Bertz CT molecular complexity index is 1840. The molecule has 0 aliphatic carbocycles. The van der Waals surface area contributed by atoms with Gasteiger partial charge in [0.15, 0.2) is 0 Å². The summed E-state index contributed by atoms with van der Waals surface area (Å²) in [6, 6.07) is 52.5. The van der Waals surface area contributed by atoms with Crippen LogP contribution in [0.15, 0.2) is 152 Å². The van der Waals surface area contributed by atoms with Crippen LogP contribution >= 0.6 is 11.8 Å². The van der Waals surface area contributed by atoms with E-state index in [1.165, 1.54) is 27.8 Å². The highest BCUT2D eigenvalue weighted by molar-refractivity contribution is 8.01. The van der Waals surface area contributed by atoms with Crippen LogP contribution in [0.5, 0.6) is 0 Å². The third-order valence-corrected chi connectivity index (χ3v) is 12.8. The van der Waals surface area contributed by atoms with Crippen molar-refractivity contribution in [2.45, 2.75) is 87.5 Å². The molecule has 0 radical (unpaired) electrons. The molecule has 1 saturated heterocycles. The molecule has 1 aliphatic rings. The lowest BCUT2D eigenvalue weighted by Gasteiger charge is -2.37. The second-order valence-corrected chi connectivity index (χ2v) is 17.8. The molecular weight excluding hydrogens is 723 g/mol. The van der Waals surface area contributed by atoms with Crippen LogP contribution in [0.2, 0.25) is 0 Å². The third-order valence-electron chi connectivity index (χ3n) is 11.1. The van der Waals surface area contributed by atoms with Crippen LogP contribution in [-0.2, 0) is 14.3 Å². The molecular formula is C50H59N3O3S. The number of carbonyl (C=O) groups excluding carboxylic acids is 2. The summed E-state index contributed by atoms with van der Waals surface area (Å²) in [7, 11) is 0. The molecule has 0 saturated carbocycles. The standard InChI is InChI=1S/C50H59N3O3S/c1-6-37(2)46(47(54)51-33-32-45(38-22-12-7-13-23-38)39-24-14-8-15-25-39)52-35-43-34-44(36-53(43)48(55)56-49(3,4)5)57-50(40-26-16-9-17-27-40,41-28-18-10-19-29-41)42-30-20-11-21-31-42/h7-31,37,43-46,52H,6,32-36H2,1-5H3,(H,51,54)/t37?,43?,44?,46-/m0/s1.